The highest BCUT2D eigenvalue weighted by atomic mass is 28.4. The molecule has 0 rings (SSSR count). The van der Waals surface area contributed by atoms with E-state index in [2.05, 4.69) is 34.6 Å². The van der Waals surface area contributed by atoms with Crippen molar-refractivity contribution >= 4 is 8.32 Å². The third kappa shape index (κ3) is 5.82. The van der Waals surface area contributed by atoms with Crippen LogP contribution in [0.15, 0.2) is 0 Å². The van der Waals surface area contributed by atoms with E-state index in [0.717, 1.165) is 13.0 Å². The van der Waals surface area contributed by atoms with Gasteiger partial charge in [-0.1, -0.05) is 27.7 Å². The minimum absolute atomic E-state index is 0.153. The molecule has 2 unspecified atom stereocenters. The van der Waals surface area contributed by atoms with E-state index in [1.165, 1.54) is 18.1 Å². The molecular weight excluding hydrogens is 244 g/mol. The zero-order valence-electron chi connectivity index (χ0n) is 13.1. The normalized spacial score (nSPS) is 15.7. The van der Waals surface area contributed by atoms with Crippen molar-refractivity contribution in [2.45, 2.75) is 71.4 Å². The molecule has 0 amide bonds. The average molecular weight is 276 g/mol. The first kappa shape index (κ1) is 18.1. The maximum atomic E-state index is 6.16. The van der Waals surface area contributed by atoms with Crippen LogP contribution < -0.4 is 0 Å². The Bertz CT molecular complexity index is 187. The first-order valence-corrected chi connectivity index (χ1v) is 9.90. The van der Waals surface area contributed by atoms with Crippen molar-refractivity contribution in [1.29, 1.82) is 0 Å². The van der Waals surface area contributed by atoms with Crippen LogP contribution in [0.1, 0.15) is 41.0 Å². The first-order valence-electron chi connectivity index (χ1n) is 7.37. The van der Waals surface area contributed by atoms with E-state index in [9.17, 15) is 0 Å². The molecule has 0 N–H and O–H groups in total. The number of hydrogen-bond donors (Lipinski definition) is 0. The minimum atomic E-state index is -1.45. The van der Waals surface area contributed by atoms with Crippen molar-refractivity contribution in [2.24, 2.45) is 0 Å². The van der Waals surface area contributed by atoms with Crippen LogP contribution in [0.4, 0.5) is 0 Å². The number of methoxy groups -OCH3 is 1. The average Bonchev–Trinajstić information content (AvgIpc) is 2.43. The molecule has 3 nitrogen and oxygen atoms in total. The fraction of sp³-hybridized carbons (Fsp3) is 1.00. The molecule has 0 aliphatic rings. The maximum Gasteiger partial charge on any atom is 0.192 e. The Morgan fingerprint density at radius 2 is 1.50 bits per heavy atom. The molecule has 0 spiro atoms. The van der Waals surface area contributed by atoms with Crippen molar-refractivity contribution in [3.8, 4) is 0 Å². The molecule has 0 saturated carbocycles. The summed E-state index contributed by atoms with van der Waals surface area (Å²) in [6.07, 6.45) is 1.31. The summed E-state index contributed by atoms with van der Waals surface area (Å²) in [7, 11) is 0.286. The van der Waals surface area contributed by atoms with Gasteiger partial charge in [-0.05, 0) is 31.5 Å². The SMILES string of the molecule is CCC(OCCO[Si](CC)(CC)CC)C(C)OC. The van der Waals surface area contributed by atoms with Gasteiger partial charge in [-0.3, -0.25) is 0 Å². The van der Waals surface area contributed by atoms with Gasteiger partial charge in [0.2, 0.25) is 0 Å². The van der Waals surface area contributed by atoms with Gasteiger partial charge in [0.05, 0.1) is 25.4 Å². The Labute approximate surface area is 114 Å². The molecule has 0 saturated heterocycles. The van der Waals surface area contributed by atoms with Crippen LogP contribution in [0.2, 0.25) is 18.1 Å². The Morgan fingerprint density at radius 3 is 1.89 bits per heavy atom. The van der Waals surface area contributed by atoms with Crippen LogP contribution in [0.25, 0.3) is 0 Å². The molecule has 110 valence electrons. The highest BCUT2D eigenvalue weighted by Gasteiger charge is 2.28. The second-order valence-corrected chi connectivity index (χ2v) is 9.63. The van der Waals surface area contributed by atoms with Gasteiger partial charge in [0.25, 0.3) is 0 Å². The second-order valence-electron chi connectivity index (χ2n) is 4.85. The fourth-order valence-electron chi connectivity index (χ4n) is 2.25. The molecular formula is C14H32O3Si. The van der Waals surface area contributed by atoms with E-state index in [1.807, 2.05) is 0 Å². The quantitative estimate of drug-likeness (QED) is 0.424. The van der Waals surface area contributed by atoms with Crippen LogP contribution >= 0.6 is 0 Å². The summed E-state index contributed by atoms with van der Waals surface area (Å²) in [6.45, 7) is 12.4. The van der Waals surface area contributed by atoms with Crippen molar-refractivity contribution in [3.63, 3.8) is 0 Å². The van der Waals surface area contributed by atoms with E-state index < -0.39 is 8.32 Å². The Balaban J connectivity index is 3.96. The lowest BCUT2D eigenvalue weighted by Gasteiger charge is -2.29. The summed E-state index contributed by atoms with van der Waals surface area (Å²) in [6, 6.07) is 3.60. The predicted octanol–water partition coefficient (Wildman–Crippen LogP) is 3.84. The van der Waals surface area contributed by atoms with Crippen molar-refractivity contribution in [1.82, 2.24) is 0 Å². The number of hydrogen-bond acceptors (Lipinski definition) is 3. The molecule has 0 bridgehead atoms. The van der Waals surface area contributed by atoms with Gasteiger partial charge in [0.1, 0.15) is 0 Å². The van der Waals surface area contributed by atoms with E-state index in [1.54, 1.807) is 7.11 Å². The lowest BCUT2D eigenvalue weighted by atomic mass is 10.2. The molecule has 4 heteroatoms. The lowest BCUT2D eigenvalue weighted by Crippen LogP contribution is -2.37. The zero-order chi connectivity index (χ0) is 14.0. The lowest BCUT2D eigenvalue weighted by molar-refractivity contribution is -0.0566. The zero-order valence-corrected chi connectivity index (χ0v) is 14.1. The molecule has 0 aromatic carbocycles. The van der Waals surface area contributed by atoms with E-state index >= 15 is 0 Å². The van der Waals surface area contributed by atoms with Crippen molar-refractivity contribution in [3.05, 3.63) is 0 Å². The number of rotatable bonds is 11. The van der Waals surface area contributed by atoms with Crippen LogP contribution in [-0.4, -0.2) is 40.8 Å². The summed E-state index contributed by atoms with van der Waals surface area (Å²) in [5, 5.41) is 0. The number of ether oxygens (including phenoxy) is 2. The van der Waals surface area contributed by atoms with Crippen LogP contribution in [-0.2, 0) is 13.9 Å². The second kappa shape index (κ2) is 9.95. The highest BCUT2D eigenvalue weighted by molar-refractivity contribution is 6.73. The molecule has 18 heavy (non-hydrogen) atoms. The standard InChI is InChI=1S/C14H32O3Si/c1-7-14(13(5)15-6)16-11-12-17-18(8-2,9-3)10-4/h13-14H,7-12H2,1-6H3. The van der Waals surface area contributed by atoms with Crippen molar-refractivity contribution < 1.29 is 13.9 Å². The van der Waals surface area contributed by atoms with Crippen molar-refractivity contribution in [2.75, 3.05) is 20.3 Å². The van der Waals surface area contributed by atoms with E-state index in [4.69, 9.17) is 13.9 Å². The third-order valence-corrected chi connectivity index (χ3v) is 8.74. The monoisotopic (exact) mass is 276 g/mol. The summed E-state index contributed by atoms with van der Waals surface area (Å²) in [4.78, 5) is 0. The van der Waals surface area contributed by atoms with Gasteiger partial charge >= 0.3 is 0 Å². The molecule has 0 aliphatic heterocycles. The largest absolute Gasteiger partial charge is 0.414 e. The molecule has 0 heterocycles. The Morgan fingerprint density at radius 1 is 0.944 bits per heavy atom. The molecule has 0 fully saturated rings. The summed E-state index contributed by atoms with van der Waals surface area (Å²) in [5.41, 5.74) is 0. The van der Waals surface area contributed by atoms with Gasteiger partial charge in [0.15, 0.2) is 8.32 Å². The first-order chi connectivity index (χ1) is 8.59. The van der Waals surface area contributed by atoms with E-state index in [0.29, 0.717) is 6.61 Å². The Kier molecular flexibility index (Phi) is 10.0. The predicted molar refractivity (Wildman–Crippen MR) is 79.7 cm³/mol. The third-order valence-electron chi connectivity index (χ3n) is 4.05. The van der Waals surface area contributed by atoms with Crippen LogP contribution in [0.3, 0.4) is 0 Å². The summed E-state index contributed by atoms with van der Waals surface area (Å²) < 4.78 is 17.3. The van der Waals surface area contributed by atoms with Crippen LogP contribution in [0, 0.1) is 0 Å². The Hall–Kier alpha value is 0.0969. The fourth-order valence-corrected chi connectivity index (χ4v) is 4.88. The molecule has 0 aliphatic carbocycles. The van der Waals surface area contributed by atoms with Crippen LogP contribution in [0.5, 0.6) is 0 Å². The van der Waals surface area contributed by atoms with Gasteiger partial charge in [-0.15, -0.1) is 0 Å². The molecule has 2 atom stereocenters. The van der Waals surface area contributed by atoms with Gasteiger partial charge < -0.3 is 13.9 Å². The van der Waals surface area contributed by atoms with Gasteiger partial charge in [-0.25, -0.2) is 0 Å². The smallest absolute Gasteiger partial charge is 0.192 e. The molecule has 0 aromatic rings. The summed E-state index contributed by atoms with van der Waals surface area (Å²) in [5.74, 6) is 0. The summed E-state index contributed by atoms with van der Waals surface area (Å²) >= 11 is 0. The topological polar surface area (TPSA) is 27.7 Å². The molecule has 0 radical (unpaired) electrons. The van der Waals surface area contributed by atoms with E-state index in [-0.39, 0.29) is 12.2 Å². The van der Waals surface area contributed by atoms with Gasteiger partial charge in [0, 0.05) is 7.11 Å². The highest BCUT2D eigenvalue weighted by Crippen LogP contribution is 2.21. The minimum Gasteiger partial charge on any atom is -0.414 e. The van der Waals surface area contributed by atoms with Gasteiger partial charge in [-0.2, -0.15) is 0 Å². The maximum absolute atomic E-state index is 6.16. The molecule has 0 aromatic heterocycles.